The second-order valence-corrected chi connectivity index (χ2v) is 6.60. The van der Waals surface area contributed by atoms with E-state index in [1.807, 2.05) is 4.57 Å². The molecule has 0 spiro atoms. The van der Waals surface area contributed by atoms with Crippen molar-refractivity contribution in [1.29, 1.82) is 0 Å². The molecule has 0 amide bonds. The molecule has 1 heterocycles. The summed E-state index contributed by atoms with van der Waals surface area (Å²) in [5, 5.41) is 14.7. The van der Waals surface area contributed by atoms with Gasteiger partial charge in [-0.25, -0.2) is 0 Å². The highest BCUT2D eigenvalue weighted by atomic mass is 15.3. The van der Waals surface area contributed by atoms with Crippen LogP contribution in [0.2, 0.25) is 0 Å². The predicted octanol–water partition coefficient (Wildman–Crippen LogP) is 2.18. The van der Waals surface area contributed by atoms with Crippen LogP contribution >= 0.6 is 0 Å². The predicted molar refractivity (Wildman–Crippen MR) is 87.2 cm³/mol. The van der Waals surface area contributed by atoms with Gasteiger partial charge in [0.2, 0.25) is 0 Å². The van der Waals surface area contributed by atoms with Gasteiger partial charge in [-0.15, -0.1) is 10.2 Å². The minimum Gasteiger partial charge on any atom is -0.354 e. The lowest BCUT2D eigenvalue weighted by Gasteiger charge is -2.23. The van der Waals surface area contributed by atoms with Crippen LogP contribution in [0.3, 0.4) is 0 Å². The lowest BCUT2D eigenvalue weighted by atomic mass is 9.89. The Morgan fingerprint density at radius 1 is 1.43 bits per heavy atom. The first kappa shape index (κ1) is 17.5. The normalized spacial score (nSPS) is 14.1. The number of nitrogens with one attached hydrogen (secondary N) is 2. The van der Waals surface area contributed by atoms with Crippen LogP contribution in [-0.2, 0) is 13.1 Å². The molecular weight excluding hydrogens is 264 g/mol. The Labute approximate surface area is 128 Å². The molecule has 0 saturated carbocycles. The van der Waals surface area contributed by atoms with Gasteiger partial charge < -0.3 is 15.2 Å². The monoisotopic (exact) mass is 294 g/mol. The van der Waals surface area contributed by atoms with Crippen LogP contribution < -0.4 is 10.6 Å². The van der Waals surface area contributed by atoms with Crippen LogP contribution in [0.4, 0.5) is 0 Å². The molecule has 0 radical (unpaired) electrons. The van der Waals surface area contributed by atoms with Gasteiger partial charge in [0.05, 0.1) is 6.54 Å². The minimum absolute atomic E-state index is 0.366. The van der Waals surface area contributed by atoms with Crippen molar-refractivity contribution in [1.82, 2.24) is 25.4 Å². The third-order valence-corrected chi connectivity index (χ3v) is 3.38. The summed E-state index contributed by atoms with van der Waals surface area (Å²) < 4.78 is 2.02. The maximum Gasteiger partial charge on any atom is 0.191 e. The molecule has 6 heteroatoms. The maximum absolute atomic E-state index is 4.26. The van der Waals surface area contributed by atoms with E-state index < -0.39 is 0 Å². The molecule has 0 aliphatic heterocycles. The van der Waals surface area contributed by atoms with Crippen LogP contribution in [-0.4, -0.2) is 33.8 Å². The van der Waals surface area contributed by atoms with E-state index in [0.29, 0.717) is 18.0 Å². The van der Waals surface area contributed by atoms with Crippen molar-refractivity contribution in [2.24, 2.45) is 10.4 Å². The summed E-state index contributed by atoms with van der Waals surface area (Å²) in [7, 11) is 1.79. The molecule has 1 rings (SSSR count). The number of hydrogen-bond acceptors (Lipinski definition) is 3. The first-order valence-corrected chi connectivity index (χ1v) is 7.69. The molecule has 6 nitrogen and oxygen atoms in total. The van der Waals surface area contributed by atoms with Gasteiger partial charge in [-0.05, 0) is 32.1 Å². The summed E-state index contributed by atoms with van der Waals surface area (Å²) in [4.78, 5) is 4.26. The molecule has 0 aliphatic carbocycles. The van der Waals surface area contributed by atoms with Crippen molar-refractivity contribution in [2.75, 3.05) is 7.05 Å². The van der Waals surface area contributed by atoms with E-state index in [1.165, 1.54) is 6.42 Å². The van der Waals surface area contributed by atoms with Gasteiger partial charge in [-0.3, -0.25) is 4.99 Å². The highest BCUT2D eigenvalue weighted by Gasteiger charge is 2.13. The fourth-order valence-corrected chi connectivity index (χ4v) is 1.99. The van der Waals surface area contributed by atoms with E-state index in [0.717, 1.165) is 24.7 Å². The Balaban J connectivity index is 2.42. The zero-order valence-corrected chi connectivity index (χ0v) is 14.3. The fraction of sp³-hybridized carbons (Fsp3) is 0.800. The number of guanidine groups is 1. The summed E-state index contributed by atoms with van der Waals surface area (Å²) in [5.74, 6) is 1.73. The summed E-state index contributed by atoms with van der Waals surface area (Å²) in [6.07, 6.45) is 4.05. The van der Waals surface area contributed by atoms with E-state index in [1.54, 1.807) is 13.4 Å². The molecule has 1 unspecified atom stereocenters. The Morgan fingerprint density at radius 3 is 2.71 bits per heavy atom. The van der Waals surface area contributed by atoms with E-state index in [2.05, 4.69) is 60.4 Å². The number of aliphatic imine (C=N–C) groups is 1. The number of nitrogens with zero attached hydrogens (tertiary/aromatic N) is 4. The van der Waals surface area contributed by atoms with Crippen molar-refractivity contribution < 1.29 is 0 Å². The number of aryl methyl sites for hydroxylation is 1. The number of hydrogen-bond donors (Lipinski definition) is 2. The molecule has 120 valence electrons. The van der Waals surface area contributed by atoms with Gasteiger partial charge in [0, 0.05) is 19.6 Å². The second kappa shape index (κ2) is 8.00. The Morgan fingerprint density at radius 2 is 2.14 bits per heavy atom. The van der Waals surface area contributed by atoms with Crippen molar-refractivity contribution in [3.05, 3.63) is 12.2 Å². The highest BCUT2D eigenvalue weighted by molar-refractivity contribution is 5.79. The Hall–Kier alpha value is -1.59. The zero-order chi connectivity index (χ0) is 15.9. The van der Waals surface area contributed by atoms with Gasteiger partial charge in [-0.2, -0.15) is 0 Å². The van der Waals surface area contributed by atoms with E-state index >= 15 is 0 Å². The minimum atomic E-state index is 0.366. The van der Waals surface area contributed by atoms with Crippen molar-refractivity contribution in [3.8, 4) is 0 Å². The molecule has 2 N–H and O–H groups in total. The maximum atomic E-state index is 4.26. The lowest BCUT2D eigenvalue weighted by molar-refractivity contribution is 0.346. The van der Waals surface area contributed by atoms with Gasteiger partial charge in [0.25, 0.3) is 0 Å². The molecule has 0 fully saturated rings. The summed E-state index contributed by atoms with van der Waals surface area (Å²) in [6, 6.07) is 0.388. The lowest BCUT2D eigenvalue weighted by Crippen LogP contribution is -2.42. The zero-order valence-electron chi connectivity index (χ0n) is 14.3. The number of rotatable bonds is 6. The molecule has 21 heavy (non-hydrogen) atoms. The first-order valence-electron chi connectivity index (χ1n) is 7.69. The molecule has 1 aromatic heterocycles. The Kier molecular flexibility index (Phi) is 6.65. The molecule has 0 bridgehead atoms. The van der Waals surface area contributed by atoms with Crippen LogP contribution in [0.15, 0.2) is 11.3 Å². The average molecular weight is 294 g/mol. The summed E-state index contributed by atoms with van der Waals surface area (Å²) in [6.45, 7) is 12.6. The van der Waals surface area contributed by atoms with Crippen LogP contribution in [0.5, 0.6) is 0 Å². The highest BCUT2D eigenvalue weighted by Crippen LogP contribution is 2.21. The molecule has 1 atom stereocenters. The van der Waals surface area contributed by atoms with E-state index in [9.17, 15) is 0 Å². The smallest absolute Gasteiger partial charge is 0.191 e. The summed E-state index contributed by atoms with van der Waals surface area (Å²) in [5.41, 5.74) is 0.366. The first-order chi connectivity index (χ1) is 9.85. The second-order valence-electron chi connectivity index (χ2n) is 6.60. The molecule has 0 aliphatic rings. The van der Waals surface area contributed by atoms with Crippen molar-refractivity contribution in [3.63, 3.8) is 0 Å². The summed E-state index contributed by atoms with van der Waals surface area (Å²) >= 11 is 0. The quantitative estimate of drug-likeness (QED) is 0.623. The van der Waals surface area contributed by atoms with Gasteiger partial charge in [-0.1, -0.05) is 20.8 Å². The van der Waals surface area contributed by atoms with E-state index in [-0.39, 0.29) is 0 Å². The largest absolute Gasteiger partial charge is 0.354 e. The van der Waals surface area contributed by atoms with Crippen LogP contribution in [0.25, 0.3) is 0 Å². The van der Waals surface area contributed by atoms with Crippen molar-refractivity contribution in [2.45, 2.75) is 66.6 Å². The molecule has 0 saturated heterocycles. The third-order valence-electron chi connectivity index (χ3n) is 3.38. The van der Waals surface area contributed by atoms with Crippen molar-refractivity contribution >= 4 is 5.96 Å². The van der Waals surface area contributed by atoms with Gasteiger partial charge in [0.1, 0.15) is 6.33 Å². The Bertz CT molecular complexity index is 443. The molecule has 1 aromatic rings. The third kappa shape index (κ3) is 6.60. The average Bonchev–Trinajstić information content (AvgIpc) is 2.87. The molecular formula is C15H30N6. The number of aromatic nitrogens is 3. The topological polar surface area (TPSA) is 67.1 Å². The van der Waals surface area contributed by atoms with Gasteiger partial charge in [0.15, 0.2) is 11.8 Å². The van der Waals surface area contributed by atoms with Crippen LogP contribution in [0.1, 0.15) is 53.3 Å². The fourth-order valence-electron chi connectivity index (χ4n) is 1.99. The molecule has 0 aromatic carbocycles. The van der Waals surface area contributed by atoms with Crippen LogP contribution in [0, 0.1) is 5.41 Å². The standard InChI is InChI=1S/C15H30N6/c1-7-21-11-18-20-13(21)10-17-14(16-6)19-12(2)8-9-15(3,4)5/h11-12H,7-10H2,1-6H3,(H2,16,17,19). The van der Waals surface area contributed by atoms with Gasteiger partial charge >= 0.3 is 0 Å². The van der Waals surface area contributed by atoms with E-state index in [4.69, 9.17) is 0 Å². The SMILES string of the molecule is CCn1cnnc1CNC(=NC)NC(C)CCC(C)(C)C.